The number of hydrogen-bond acceptors (Lipinski definition) is 5. The maximum atomic E-state index is 12.8. The van der Waals surface area contributed by atoms with Crippen LogP contribution in [0.1, 0.15) is 6.42 Å². The first-order valence-electron chi connectivity index (χ1n) is 7.72. The number of halogens is 1. The van der Waals surface area contributed by atoms with E-state index in [-0.39, 0.29) is 31.4 Å². The Balaban J connectivity index is 1.42. The summed E-state index contributed by atoms with van der Waals surface area (Å²) in [6.07, 6.45) is -0.0125. The maximum absolute atomic E-state index is 12.8. The second kappa shape index (κ2) is 8.02. The second-order valence-corrected chi connectivity index (χ2v) is 6.56. The van der Waals surface area contributed by atoms with Crippen LogP contribution in [0, 0.1) is 5.82 Å². The number of ether oxygens (including phenoxy) is 2. The fourth-order valence-electron chi connectivity index (χ4n) is 2.28. The van der Waals surface area contributed by atoms with Crippen LogP contribution in [0.4, 0.5) is 10.1 Å². The first kappa shape index (κ1) is 17.3. The molecule has 0 fully saturated rings. The van der Waals surface area contributed by atoms with Crippen molar-refractivity contribution >= 4 is 29.3 Å². The number of carbonyl (C=O) groups excluding carboxylic acids is 2. The Morgan fingerprint density at radius 2 is 1.88 bits per heavy atom. The zero-order chi connectivity index (χ0) is 17.6. The largest absolute Gasteiger partial charge is 0.490 e. The Kier molecular flexibility index (Phi) is 5.55. The molecule has 0 aromatic heterocycles. The van der Waals surface area contributed by atoms with Gasteiger partial charge in [0.15, 0.2) is 0 Å². The van der Waals surface area contributed by atoms with Gasteiger partial charge in [0.1, 0.15) is 24.8 Å². The highest BCUT2D eigenvalue weighted by Gasteiger charge is 2.29. The third-order valence-corrected chi connectivity index (χ3v) is 4.76. The van der Waals surface area contributed by atoms with Gasteiger partial charge in [-0.25, -0.2) is 4.39 Å². The topological polar surface area (TPSA) is 64.6 Å². The number of esters is 1. The van der Waals surface area contributed by atoms with Gasteiger partial charge in [0.25, 0.3) is 0 Å². The molecule has 0 spiro atoms. The van der Waals surface area contributed by atoms with E-state index >= 15 is 0 Å². The van der Waals surface area contributed by atoms with Crippen molar-refractivity contribution in [2.75, 3.05) is 18.5 Å². The highest BCUT2D eigenvalue weighted by Crippen LogP contribution is 2.36. The van der Waals surface area contributed by atoms with Gasteiger partial charge in [-0.05, 0) is 36.4 Å². The van der Waals surface area contributed by atoms with Crippen molar-refractivity contribution < 1.29 is 23.5 Å². The van der Waals surface area contributed by atoms with E-state index in [1.54, 1.807) is 0 Å². The van der Waals surface area contributed by atoms with Crippen LogP contribution in [0.15, 0.2) is 53.4 Å². The predicted octanol–water partition coefficient (Wildman–Crippen LogP) is 3.25. The molecule has 25 heavy (non-hydrogen) atoms. The lowest BCUT2D eigenvalue weighted by molar-refractivity contribution is -0.145. The normalized spacial score (nSPS) is 15.9. The van der Waals surface area contributed by atoms with Crippen LogP contribution < -0.4 is 10.1 Å². The monoisotopic (exact) mass is 361 g/mol. The van der Waals surface area contributed by atoms with Crippen molar-refractivity contribution in [3.63, 3.8) is 0 Å². The molecule has 0 radical (unpaired) electrons. The highest BCUT2D eigenvalue weighted by atomic mass is 32.2. The summed E-state index contributed by atoms with van der Waals surface area (Å²) < 4.78 is 23.2. The first-order chi connectivity index (χ1) is 12.1. The minimum Gasteiger partial charge on any atom is -0.490 e. The molecule has 7 heteroatoms. The standard InChI is InChI=1S/C18H16FNO4S/c19-12-5-7-13(8-6-12)23-9-10-24-17(21)11-16-18(22)20-14-3-1-2-4-15(14)25-16/h1-8,16H,9-11H2,(H,20,22)/t16-/m0/s1. The Morgan fingerprint density at radius 3 is 2.68 bits per heavy atom. The summed E-state index contributed by atoms with van der Waals surface area (Å²) in [5.74, 6) is -0.516. The average molecular weight is 361 g/mol. The summed E-state index contributed by atoms with van der Waals surface area (Å²) in [7, 11) is 0. The van der Waals surface area contributed by atoms with E-state index in [1.807, 2.05) is 24.3 Å². The van der Waals surface area contributed by atoms with E-state index in [2.05, 4.69) is 5.32 Å². The number of fused-ring (bicyclic) bond motifs is 1. The molecule has 130 valence electrons. The van der Waals surface area contributed by atoms with Gasteiger partial charge >= 0.3 is 5.97 Å². The number of carbonyl (C=O) groups is 2. The Hall–Kier alpha value is -2.54. The highest BCUT2D eigenvalue weighted by molar-refractivity contribution is 8.01. The molecule has 1 aliphatic heterocycles. The van der Waals surface area contributed by atoms with Gasteiger partial charge in [-0.15, -0.1) is 11.8 Å². The summed E-state index contributed by atoms with van der Waals surface area (Å²) in [5, 5.41) is 2.27. The molecule has 0 saturated heterocycles. The van der Waals surface area contributed by atoms with E-state index < -0.39 is 11.2 Å². The Bertz CT molecular complexity index is 766. The zero-order valence-corrected chi connectivity index (χ0v) is 14.1. The number of nitrogens with one attached hydrogen (secondary N) is 1. The van der Waals surface area contributed by atoms with Crippen LogP contribution in [0.5, 0.6) is 5.75 Å². The van der Waals surface area contributed by atoms with E-state index in [1.165, 1.54) is 36.0 Å². The molecule has 1 heterocycles. The number of rotatable bonds is 6. The molecule has 0 aliphatic carbocycles. The Morgan fingerprint density at radius 1 is 1.12 bits per heavy atom. The van der Waals surface area contributed by atoms with Crippen LogP contribution >= 0.6 is 11.8 Å². The molecule has 0 unspecified atom stereocenters. The smallest absolute Gasteiger partial charge is 0.307 e. The summed E-state index contributed by atoms with van der Waals surface area (Å²) >= 11 is 1.35. The lowest BCUT2D eigenvalue weighted by Crippen LogP contribution is -2.31. The van der Waals surface area contributed by atoms with Crippen molar-refractivity contribution in [2.24, 2.45) is 0 Å². The first-order valence-corrected chi connectivity index (χ1v) is 8.60. The summed E-state index contributed by atoms with van der Waals surface area (Å²) in [5.41, 5.74) is 0.759. The summed E-state index contributed by atoms with van der Waals surface area (Å²) in [6, 6.07) is 13.0. The molecular weight excluding hydrogens is 345 g/mol. The lowest BCUT2D eigenvalue weighted by atomic mass is 10.2. The quantitative estimate of drug-likeness (QED) is 0.632. The number of amides is 1. The molecule has 1 aliphatic rings. The molecule has 2 aromatic carbocycles. The molecule has 1 N–H and O–H groups in total. The number of hydrogen-bond donors (Lipinski definition) is 1. The number of benzene rings is 2. The fourth-order valence-corrected chi connectivity index (χ4v) is 3.38. The van der Waals surface area contributed by atoms with E-state index in [0.717, 1.165) is 10.6 Å². The van der Waals surface area contributed by atoms with Gasteiger partial charge in [0, 0.05) is 4.90 Å². The number of para-hydroxylation sites is 1. The van der Waals surface area contributed by atoms with Crippen LogP contribution in [-0.4, -0.2) is 30.3 Å². The molecule has 0 bridgehead atoms. The van der Waals surface area contributed by atoms with Gasteiger partial charge in [-0.3, -0.25) is 9.59 Å². The zero-order valence-electron chi connectivity index (χ0n) is 13.2. The van der Waals surface area contributed by atoms with E-state index in [9.17, 15) is 14.0 Å². The third kappa shape index (κ3) is 4.73. The van der Waals surface area contributed by atoms with E-state index in [4.69, 9.17) is 9.47 Å². The molecule has 3 rings (SSSR count). The summed E-state index contributed by atoms with van der Waals surface area (Å²) in [6.45, 7) is 0.218. The minimum absolute atomic E-state index is 0.0125. The minimum atomic E-state index is -0.514. The van der Waals surface area contributed by atoms with Crippen molar-refractivity contribution in [3.8, 4) is 5.75 Å². The molecule has 0 saturated carbocycles. The van der Waals surface area contributed by atoms with Gasteiger partial charge in [-0.1, -0.05) is 12.1 Å². The molecule has 1 amide bonds. The van der Waals surface area contributed by atoms with Crippen molar-refractivity contribution in [3.05, 3.63) is 54.3 Å². The van der Waals surface area contributed by atoms with Crippen molar-refractivity contribution in [2.45, 2.75) is 16.6 Å². The Labute approximate surface area is 148 Å². The van der Waals surface area contributed by atoms with Gasteiger partial charge < -0.3 is 14.8 Å². The fraction of sp³-hybridized carbons (Fsp3) is 0.222. The lowest BCUT2D eigenvalue weighted by Gasteiger charge is -2.23. The summed E-state index contributed by atoms with van der Waals surface area (Å²) in [4.78, 5) is 24.9. The van der Waals surface area contributed by atoms with Crippen LogP contribution in [0.25, 0.3) is 0 Å². The molecule has 1 atom stereocenters. The van der Waals surface area contributed by atoms with Crippen LogP contribution in [0.2, 0.25) is 0 Å². The second-order valence-electron chi connectivity index (χ2n) is 5.32. The van der Waals surface area contributed by atoms with Crippen molar-refractivity contribution in [1.82, 2.24) is 0 Å². The van der Waals surface area contributed by atoms with Crippen LogP contribution in [0.3, 0.4) is 0 Å². The average Bonchev–Trinajstić information content (AvgIpc) is 2.61. The van der Waals surface area contributed by atoms with Gasteiger partial charge in [0.05, 0.1) is 17.4 Å². The maximum Gasteiger partial charge on any atom is 0.307 e. The number of thioether (sulfide) groups is 1. The van der Waals surface area contributed by atoms with Gasteiger partial charge in [0.2, 0.25) is 5.91 Å². The molecular formula is C18H16FNO4S. The van der Waals surface area contributed by atoms with Gasteiger partial charge in [-0.2, -0.15) is 0 Å². The molecule has 5 nitrogen and oxygen atoms in total. The predicted molar refractivity (Wildman–Crippen MR) is 92.2 cm³/mol. The van der Waals surface area contributed by atoms with E-state index in [0.29, 0.717) is 5.75 Å². The van der Waals surface area contributed by atoms with Crippen molar-refractivity contribution in [1.29, 1.82) is 0 Å². The third-order valence-electron chi connectivity index (χ3n) is 3.49. The number of anilines is 1. The molecule has 2 aromatic rings. The van der Waals surface area contributed by atoms with Crippen LogP contribution in [-0.2, 0) is 14.3 Å². The SMILES string of the molecule is O=C(C[C@@H]1Sc2ccccc2NC1=O)OCCOc1ccc(F)cc1.